The highest BCUT2D eigenvalue weighted by Crippen LogP contribution is 2.18. The first-order chi connectivity index (χ1) is 13.3. The van der Waals surface area contributed by atoms with Crippen molar-refractivity contribution in [1.82, 2.24) is 30.1 Å². The fourth-order valence-electron chi connectivity index (χ4n) is 2.54. The summed E-state index contributed by atoms with van der Waals surface area (Å²) in [6.07, 6.45) is 3.14. The molecule has 8 heteroatoms. The number of carbonyl (C=O) groups excluding carboxylic acids is 1. The molecule has 1 aromatic carbocycles. The van der Waals surface area contributed by atoms with E-state index in [-0.39, 0.29) is 12.5 Å². The van der Waals surface area contributed by atoms with Gasteiger partial charge in [0.15, 0.2) is 11.5 Å². The number of carbonyl (C=O) groups is 1. The van der Waals surface area contributed by atoms with Crippen LogP contribution in [0.15, 0.2) is 67.0 Å². The molecular formula is C19H16N6O2. The third-order valence-electron chi connectivity index (χ3n) is 3.83. The van der Waals surface area contributed by atoms with Gasteiger partial charge in [-0.3, -0.25) is 9.78 Å². The lowest BCUT2D eigenvalue weighted by atomic mass is 10.2. The van der Waals surface area contributed by atoms with E-state index in [1.54, 1.807) is 35.0 Å². The minimum atomic E-state index is -0.194. The van der Waals surface area contributed by atoms with Crippen molar-refractivity contribution < 1.29 is 9.53 Å². The van der Waals surface area contributed by atoms with Crippen LogP contribution in [0.5, 0.6) is 5.88 Å². The number of nitrogens with one attached hydrogen (secondary N) is 1. The summed E-state index contributed by atoms with van der Waals surface area (Å²) in [4.78, 5) is 15.9. The van der Waals surface area contributed by atoms with Crippen molar-refractivity contribution in [2.24, 2.45) is 0 Å². The maximum Gasteiger partial charge on any atom is 0.252 e. The molecule has 0 unspecified atom stereocenters. The van der Waals surface area contributed by atoms with Crippen molar-refractivity contribution in [2.75, 3.05) is 13.2 Å². The second-order valence-electron chi connectivity index (χ2n) is 5.68. The Morgan fingerprint density at radius 3 is 2.74 bits per heavy atom. The van der Waals surface area contributed by atoms with Crippen LogP contribution in [-0.4, -0.2) is 43.9 Å². The first kappa shape index (κ1) is 16.6. The van der Waals surface area contributed by atoms with Gasteiger partial charge in [0.1, 0.15) is 6.61 Å². The van der Waals surface area contributed by atoms with Crippen molar-refractivity contribution >= 4 is 11.6 Å². The highest BCUT2D eigenvalue weighted by molar-refractivity contribution is 5.93. The van der Waals surface area contributed by atoms with Crippen LogP contribution in [0.4, 0.5) is 0 Å². The fraction of sp³-hybridized carbons (Fsp3) is 0.105. The number of rotatable bonds is 6. The van der Waals surface area contributed by atoms with Gasteiger partial charge in [-0.25, -0.2) is 0 Å². The topological polar surface area (TPSA) is 94.3 Å². The molecule has 134 valence electrons. The van der Waals surface area contributed by atoms with Gasteiger partial charge in [-0.15, -0.1) is 15.3 Å². The van der Waals surface area contributed by atoms with Crippen LogP contribution >= 0.6 is 0 Å². The molecule has 0 bridgehead atoms. The average molecular weight is 360 g/mol. The van der Waals surface area contributed by atoms with Crippen LogP contribution in [0.3, 0.4) is 0 Å². The average Bonchev–Trinajstić information content (AvgIpc) is 3.15. The molecular weight excluding hydrogens is 344 g/mol. The van der Waals surface area contributed by atoms with Crippen molar-refractivity contribution in [1.29, 1.82) is 0 Å². The zero-order chi connectivity index (χ0) is 18.5. The Labute approximate surface area is 154 Å². The number of nitrogens with zero attached hydrogens (tertiary/aromatic N) is 5. The SMILES string of the molecule is O=C(NCCOc1ccc2nnc(-c3ccccc3)n2n1)c1cccnc1. The smallest absolute Gasteiger partial charge is 0.252 e. The van der Waals surface area contributed by atoms with E-state index >= 15 is 0 Å². The lowest BCUT2D eigenvalue weighted by molar-refractivity contribution is 0.0946. The lowest BCUT2D eigenvalue weighted by Crippen LogP contribution is -2.28. The number of aromatic nitrogens is 5. The summed E-state index contributed by atoms with van der Waals surface area (Å²) in [5.41, 5.74) is 2.05. The molecule has 3 heterocycles. The number of fused-ring (bicyclic) bond motifs is 1. The van der Waals surface area contributed by atoms with Gasteiger partial charge in [-0.2, -0.15) is 4.52 Å². The molecule has 0 aliphatic heterocycles. The Morgan fingerprint density at radius 2 is 1.93 bits per heavy atom. The van der Waals surface area contributed by atoms with Crippen LogP contribution in [0.1, 0.15) is 10.4 Å². The molecule has 3 aromatic heterocycles. The standard InChI is InChI=1S/C19H16N6O2/c26-19(15-7-4-10-20-13-15)21-11-12-27-17-9-8-16-22-23-18(25(16)24-17)14-5-2-1-3-6-14/h1-10,13H,11-12H2,(H,21,26). The zero-order valence-electron chi connectivity index (χ0n) is 14.3. The third kappa shape index (κ3) is 3.74. The molecule has 0 saturated heterocycles. The Balaban J connectivity index is 1.40. The minimum Gasteiger partial charge on any atom is -0.475 e. The van der Waals surface area contributed by atoms with Crippen LogP contribution in [0.25, 0.3) is 17.0 Å². The molecule has 0 spiro atoms. The molecule has 27 heavy (non-hydrogen) atoms. The molecule has 0 saturated carbocycles. The summed E-state index contributed by atoms with van der Waals surface area (Å²) < 4.78 is 7.28. The van der Waals surface area contributed by atoms with E-state index in [1.807, 2.05) is 30.3 Å². The molecule has 0 fully saturated rings. The monoisotopic (exact) mass is 360 g/mol. The molecule has 0 aliphatic carbocycles. The predicted molar refractivity (Wildman–Crippen MR) is 98.3 cm³/mol. The van der Waals surface area contributed by atoms with Gasteiger partial charge in [0.25, 0.3) is 5.91 Å². The van der Waals surface area contributed by atoms with E-state index in [1.165, 1.54) is 6.20 Å². The molecule has 0 aliphatic rings. The van der Waals surface area contributed by atoms with Crippen LogP contribution in [0.2, 0.25) is 0 Å². The van der Waals surface area contributed by atoms with Gasteiger partial charge in [-0.1, -0.05) is 30.3 Å². The first-order valence-electron chi connectivity index (χ1n) is 8.40. The van der Waals surface area contributed by atoms with E-state index in [0.29, 0.717) is 29.5 Å². The van der Waals surface area contributed by atoms with E-state index in [4.69, 9.17) is 4.74 Å². The van der Waals surface area contributed by atoms with Gasteiger partial charge < -0.3 is 10.1 Å². The van der Waals surface area contributed by atoms with Crippen molar-refractivity contribution in [3.8, 4) is 17.3 Å². The maximum atomic E-state index is 12.0. The molecule has 1 N–H and O–H groups in total. The second kappa shape index (κ2) is 7.61. The van der Waals surface area contributed by atoms with Crippen LogP contribution < -0.4 is 10.1 Å². The molecule has 4 aromatic rings. The molecule has 4 rings (SSSR count). The van der Waals surface area contributed by atoms with Crippen molar-refractivity contribution in [3.05, 3.63) is 72.6 Å². The summed E-state index contributed by atoms with van der Waals surface area (Å²) in [5.74, 6) is 0.872. The van der Waals surface area contributed by atoms with E-state index in [0.717, 1.165) is 5.56 Å². The fourth-order valence-corrected chi connectivity index (χ4v) is 2.54. The Kier molecular flexibility index (Phi) is 4.69. The van der Waals surface area contributed by atoms with E-state index < -0.39 is 0 Å². The van der Waals surface area contributed by atoms with E-state index in [9.17, 15) is 4.79 Å². The van der Waals surface area contributed by atoms with Crippen LogP contribution in [-0.2, 0) is 0 Å². The van der Waals surface area contributed by atoms with E-state index in [2.05, 4.69) is 25.6 Å². The number of benzene rings is 1. The normalized spacial score (nSPS) is 10.7. The summed E-state index contributed by atoms with van der Waals surface area (Å²) in [7, 11) is 0. The van der Waals surface area contributed by atoms with Gasteiger partial charge in [0.2, 0.25) is 5.88 Å². The van der Waals surface area contributed by atoms with Crippen LogP contribution in [0, 0.1) is 0 Å². The number of amides is 1. The quantitative estimate of drug-likeness (QED) is 0.529. The van der Waals surface area contributed by atoms with Gasteiger partial charge in [0.05, 0.1) is 12.1 Å². The minimum absolute atomic E-state index is 0.194. The van der Waals surface area contributed by atoms with Crippen molar-refractivity contribution in [3.63, 3.8) is 0 Å². The summed E-state index contributed by atoms with van der Waals surface area (Å²) in [6, 6.07) is 16.6. The molecule has 1 amide bonds. The summed E-state index contributed by atoms with van der Waals surface area (Å²) in [6.45, 7) is 0.633. The Bertz CT molecular complexity index is 1050. The largest absolute Gasteiger partial charge is 0.475 e. The van der Waals surface area contributed by atoms with Crippen molar-refractivity contribution in [2.45, 2.75) is 0 Å². The maximum absolute atomic E-state index is 12.0. The third-order valence-corrected chi connectivity index (χ3v) is 3.83. The van der Waals surface area contributed by atoms with Gasteiger partial charge in [0, 0.05) is 24.0 Å². The van der Waals surface area contributed by atoms with Gasteiger partial charge in [-0.05, 0) is 18.2 Å². The first-order valence-corrected chi connectivity index (χ1v) is 8.40. The lowest BCUT2D eigenvalue weighted by Gasteiger charge is -2.07. The number of hydrogen-bond acceptors (Lipinski definition) is 6. The summed E-state index contributed by atoms with van der Waals surface area (Å²) >= 11 is 0. The zero-order valence-corrected chi connectivity index (χ0v) is 14.3. The predicted octanol–water partition coefficient (Wildman–Crippen LogP) is 2.00. The Morgan fingerprint density at radius 1 is 1.04 bits per heavy atom. The molecule has 8 nitrogen and oxygen atoms in total. The highest BCUT2D eigenvalue weighted by atomic mass is 16.5. The second-order valence-corrected chi connectivity index (χ2v) is 5.68. The number of hydrogen-bond donors (Lipinski definition) is 1. The highest BCUT2D eigenvalue weighted by Gasteiger charge is 2.10. The molecule has 0 radical (unpaired) electrons. The van der Waals surface area contributed by atoms with Gasteiger partial charge >= 0.3 is 0 Å². The Hall–Kier alpha value is -3.81. The number of pyridine rings is 1. The summed E-state index contributed by atoms with van der Waals surface area (Å²) in [5, 5.41) is 15.5. The number of ether oxygens (including phenoxy) is 1. The molecule has 0 atom stereocenters.